The second kappa shape index (κ2) is 4.54. The third-order valence-electron chi connectivity index (χ3n) is 2.00. The number of halogens is 2. The average molecular weight is 261 g/mol. The highest BCUT2D eigenvalue weighted by molar-refractivity contribution is 7.75. The van der Waals surface area contributed by atoms with Crippen LogP contribution < -0.4 is 4.52 Å². The standard InChI is InChI=1S/C10H7Cl2O2P/c11-9-5-6-10(14-15(12)13)8-4-2-1-3-7(8)9/h1-6,13H. The largest absolute Gasteiger partial charge is 0.435 e. The first kappa shape index (κ1) is 11.0. The maximum absolute atomic E-state index is 9.01. The summed E-state index contributed by atoms with van der Waals surface area (Å²) in [5.41, 5.74) is 0. The van der Waals surface area contributed by atoms with Gasteiger partial charge in [0, 0.05) is 15.8 Å². The highest BCUT2D eigenvalue weighted by Crippen LogP contribution is 2.42. The number of rotatable bonds is 2. The van der Waals surface area contributed by atoms with E-state index < -0.39 is 7.73 Å². The Morgan fingerprint density at radius 3 is 2.40 bits per heavy atom. The molecule has 1 unspecified atom stereocenters. The van der Waals surface area contributed by atoms with E-state index in [4.69, 9.17) is 32.3 Å². The SMILES string of the molecule is OP(Cl)Oc1ccc(Cl)c2ccccc12. The molecule has 0 aliphatic heterocycles. The Hall–Kier alpha value is -0.530. The molecule has 5 heteroatoms. The summed E-state index contributed by atoms with van der Waals surface area (Å²) in [5, 5.41) is 2.37. The first-order chi connectivity index (χ1) is 7.18. The van der Waals surface area contributed by atoms with Crippen molar-refractivity contribution < 1.29 is 9.42 Å². The molecule has 0 fully saturated rings. The Labute approximate surface area is 98.1 Å². The number of fused-ring (bicyclic) bond motifs is 1. The predicted molar refractivity (Wildman–Crippen MR) is 64.6 cm³/mol. The summed E-state index contributed by atoms with van der Waals surface area (Å²) >= 11 is 11.4. The van der Waals surface area contributed by atoms with Crippen LogP contribution in [0.1, 0.15) is 0 Å². The predicted octanol–water partition coefficient (Wildman–Crippen LogP) is 4.33. The van der Waals surface area contributed by atoms with Gasteiger partial charge >= 0.3 is 7.73 Å². The van der Waals surface area contributed by atoms with Gasteiger partial charge in [-0.3, -0.25) is 0 Å². The molecule has 0 heterocycles. The van der Waals surface area contributed by atoms with Crippen molar-refractivity contribution in [1.29, 1.82) is 0 Å². The topological polar surface area (TPSA) is 29.5 Å². The van der Waals surface area contributed by atoms with Gasteiger partial charge in [-0.1, -0.05) is 35.9 Å². The lowest BCUT2D eigenvalue weighted by Crippen LogP contribution is -1.84. The van der Waals surface area contributed by atoms with Crippen LogP contribution in [-0.4, -0.2) is 4.89 Å². The molecule has 0 amide bonds. The van der Waals surface area contributed by atoms with Gasteiger partial charge < -0.3 is 9.42 Å². The van der Waals surface area contributed by atoms with E-state index in [0.29, 0.717) is 10.8 Å². The fourth-order valence-corrected chi connectivity index (χ4v) is 2.17. The second-order valence-electron chi connectivity index (χ2n) is 2.91. The van der Waals surface area contributed by atoms with Crippen molar-refractivity contribution in [2.75, 3.05) is 0 Å². The van der Waals surface area contributed by atoms with Crippen molar-refractivity contribution in [2.45, 2.75) is 0 Å². The van der Waals surface area contributed by atoms with E-state index >= 15 is 0 Å². The molecule has 2 aromatic carbocycles. The summed E-state index contributed by atoms with van der Waals surface area (Å²) in [7, 11) is -1.93. The van der Waals surface area contributed by atoms with Crippen molar-refractivity contribution in [3.05, 3.63) is 41.4 Å². The molecule has 2 nitrogen and oxygen atoms in total. The van der Waals surface area contributed by atoms with Crippen LogP contribution in [0.15, 0.2) is 36.4 Å². The van der Waals surface area contributed by atoms with Crippen molar-refractivity contribution >= 4 is 41.3 Å². The van der Waals surface area contributed by atoms with E-state index in [0.717, 1.165) is 10.8 Å². The first-order valence-corrected chi connectivity index (χ1v) is 6.68. The Morgan fingerprint density at radius 2 is 1.73 bits per heavy atom. The lowest BCUT2D eigenvalue weighted by Gasteiger charge is -2.09. The minimum Gasteiger partial charge on any atom is -0.435 e. The molecule has 2 aromatic rings. The fraction of sp³-hybridized carbons (Fsp3) is 0. The van der Waals surface area contributed by atoms with Gasteiger partial charge in [-0.25, -0.2) is 0 Å². The zero-order chi connectivity index (χ0) is 10.8. The van der Waals surface area contributed by atoms with Crippen molar-refractivity contribution in [3.8, 4) is 5.75 Å². The summed E-state index contributed by atoms with van der Waals surface area (Å²) in [4.78, 5) is 9.01. The molecule has 2 rings (SSSR count). The van der Waals surface area contributed by atoms with Gasteiger partial charge in [0.05, 0.1) is 0 Å². The molecule has 0 spiro atoms. The highest BCUT2D eigenvalue weighted by atomic mass is 35.7. The molecule has 0 aliphatic carbocycles. The molecular formula is C10H7Cl2O2P. The summed E-state index contributed by atoms with van der Waals surface area (Å²) in [6.07, 6.45) is 0. The van der Waals surface area contributed by atoms with E-state index in [1.165, 1.54) is 0 Å². The first-order valence-electron chi connectivity index (χ1n) is 4.18. The lowest BCUT2D eigenvalue weighted by molar-refractivity contribution is 0.509. The number of hydrogen-bond acceptors (Lipinski definition) is 2. The van der Waals surface area contributed by atoms with Crippen LogP contribution in [0.5, 0.6) is 5.75 Å². The monoisotopic (exact) mass is 260 g/mol. The molecule has 0 saturated heterocycles. The summed E-state index contributed by atoms with van der Waals surface area (Å²) in [6, 6.07) is 10.9. The van der Waals surface area contributed by atoms with Crippen LogP contribution in [0, 0.1) is 0 Å². The minimum absolute atomic E-state index is 0.540. The molecule has 78 valence electrons. The van der Waals surface area contributed by atoms with Crippen LogP contribution in [0.3, 0.4) is 0 Å². The molecule has 0 aliphatic rings. The molecule has 0 aromatic heterocycles. The zero-order valence-corrected chi connectivity index (χ0v) is 9.93. The third kappa shape index (κ3) is 2.35. The molecule has 0 radical (unpaired) electrons. The number of hydrogen-bond donors (Lipinski definition) is 1. The molecule has 1 atom stereocenters. The van der Waals surface area contributed by atoms with Crippen molar-refractivity contribution in [1.82, 2.24) is 0 Å². The van der Waals surface area contributed by atoms with E-state index in [-0.39, 0.29) is 0 Å². The maximum atomic E-state index is 9.01. The molecular weight excluding hydrogens is 254 g/mol. The average Bonchev–Trinajstić information content (AvgIpc) is 2.22. The fourth-order valence-electron chi connectivity index (χ4n) is 1.40. The number of benzene rings is 2. The van der Waals surface area contributed by atoms with Crippen molar-refractivity contribution in [2.24, 2.45) is 0 Å². The van der Waals surface area contributed by atoms with Gasteiger partial charge in [-0.2, -0.15) is 0 Å². The van der Waals surface area contributed by atoms with Crippen LogP contribution in [0.4, 0.5) is 0 Å². The van der Waals surface area contributed by atoms with E-state index in [1.807, 2.05) is 24.3 Å². The van der Waals surface area contributed by atoms with Crippen LogP contribution in [0.2, 0.25) is 5.02 Å². The quantitative estimate of drug-likeness (QED) is 0.815. The summed E-state index contributed by atoms with van der Waals surface area (Å²) < 4.78 is 5.11. The van der Waals surface area contributed by atoms with Gasteiger partial charge in [0.2, 0.25) is 0 Å². The second-order valence-corrected chi connectivity index (χ2v) is 4.82. The van der Waals surface area contributed by atoms with E-state index in [1.54, 1.807) is 12.1 Å². The Bertz CT molecular complexity index is 488. The van der Waals surface area contributed by atoms with Gasteiger partial charge in [-0.15, -0.1) is 0 Å². The van der Waals surface area contributed by atoms with Crippen LogP contribution >= 0.6 is 30.6 Å². The Kier molecular flexibility index (Phi) is 3.32. The maximum Gasteiger partial charge on any atom is 0.335 e. The molecule has 0 saturated carbocycles. The molecule has 0 bridgehead atoms. The lowest BCUT2D eigenvalue weighted by atomic mass is 10.1. The van der Waals surface area contributed by atoms with Gasteiger partial charge in [0.15, 0.2) is 0 Å². The summed E-state index contributed by atoms with van der Waals surface area (Å²) in [5.74, 6) is 0.540. The van der Waals surface area contributed by atoms with Gasteiger partial charge in [-0.05, 0) is 23.4 Å². The van der Waals surface area contributed by atoms with Crippen LogP contribution in [-0.2, 0) is 0 Å². The van der Waals surface area contributed by atoms with E-state index in [9.17, 15) is 0 Å². The van der Waals surface area contributed by atoms with Gasteiger partial charge in [0.1, 0.15) is 5.75 Å². The minimum atomic E-state index is -1.93. The molecule has 15 heavy (non-hydrogen) atoms. The Morgan fingerprint density at radius 1 is 1.07 bits per heavy atom. The highest BCUT2D eigenvalue weighted by Gasteiger charge is 2.08. The zero-order valence-electron chi connectivity index (χ0n) is 7.52. The Balaban J connectivity index is 2.61. The van der Waals surface area contributed by atoms with E-state index in [2.05, 4.69) is 0 Å². The summed E-state index contributed by atoms with van der Waals surface area (Å²) in [6.45, 7) is 0. The van der Waals surface area contributed by atoms with Gasteiger partial charge in [0.25, 0.3) is 0 Å². The van der Waals surface area contributed by atoms with Crippen molar-refractivity contribution in [3.63, 3.8) is 0 Å². The van der Waals surface area contributed by atoms with Crippen LogP contribution in [0.25, 0.3) is 10.8 Å². The normalized spacial score (nSPS) is 12.7. The third-order valence-corrected chi connectivity index (χ3v) is 2.89. The molecule has 1 N–H and O–H groups in total. The smallest absolute Gasteiger partial charge is 0.335 e.